The van der Waals surface area contributed by atoms with Crippen molar-refractivity contribution in [3.8, 4) is 28.8 Å². The summed E-state index contributed by atoms with van der Waals surface area (Å²) < 4.78 is 14.3. The quantitative estimate of drug-likeness (QED) is 0.112. The predicted octanol–water partition coefficient (Wildman–Crippen LogP) is 7.53. The predicted molar refractivity (Wildman–Crippen MR) is 187 cm³/mol. The largest absolute Gasteiger partial charge is 0.457 e. The number of amides is 1. The lowest BCUT2D eigenvalue weighted by Crippen LogP contribution is -2.43. The Balaban J connectivity index is 1.37. The molecule has 0 saturated carbocycles. The third-order valence-electron chi connectivity index (χ3n) is 9.15. The maximum atomic E-state index is 13.8. The van der Waals surface area contributed by atoms with Gasteiger partial charge in [-0.15, -0.1) is 0 Å². The number of nitrogen functional groups attached to an aromatic ring is 1. The summed E-state index contributed by atoms with van der Waals surface area (Å²) in [6.45, 7) is 16.4. The van der Waals surface area contributed by atoms with Crippen molar-refractivity contribution in [2.24, 2.45) is 5.41 Å². The van der Waals surface area contributed by atoms with Crippen molar-refractivity contribution < 1.29 is 14.0 Å². The van der Waals surface area contributed by atoms with E-state index in [1.165, 1.54) is 6.33 Å². The molecule has 4 aromatic rings. The SMILES string of the molecule is CC(C)(/C=C(/C#N)C(=O)N1CCC[C@@H](n2nc(-c3ccc(Oc4ccccc4)cc3)c3c(N)ncnc32)C1)CO[Si](C)(C)C(C)(C)C. The van der Waals surface area contributed by atoms with E-state index in [1.807, 2.05) is 73.1 Å². The summed E-state index contributed by atoms with van der Waals surface area (Å²) in [7, 11) is -1.99. The van der Waals surface area contributed by atoms with Gasteiger partial charge in [-0.05, 0) is 67.4 Å². The molecule has 0 bridgehead atoms. The molecule has 1 atom stereocenters. The molecule has 11 heteroatoms. The second-order valence-electron chi connectivity index (χ2n) is 14.4. The number of carbonyl (C=O) groups excluding carboxylic acids is 1. The van der Waals surface area contributed by atoms with E-state index in [1.54, 1.807) is 11.0 Å². The number of anilines is 1. The zero-order valence-corrected chi connectivity index (χ0v) is 29.4. The molecule has 246 valence electrons. The van der Waals surface area contributed by atoms with Gasteiger partial charge in [0.2, 0.25) is 0 Å². The van der Waals surface area contributed by atoms with E-state index >= 15 is 0 Å². The van der Waals surface area contributed by atoms with E-state index in [0.29, 0.717) is 48.0 Å². The van der Waals surface area contributed by atoms with E-state index in [4.69, 9.17) is 20.0 Å². The molecule has 2 aromatic carbocycles. The van der Waals surface area contributed by atoms with Gasteiger partial charge in [-0.25, -0.2) is 14.6 Å². The first-order valence-electron chi connectivity index (χ1n) is 16.1. The van der Waals surface area contributed by atoms with Gasteiger partial charge in [-0.2, -0.15) is 10.4 Å². The van der Waals surface area contributed by atoms with Crippen LogP contribution in [-0.2, 0) is 9.22 Å². The van der Waals surface area contributed by atoms with Crippen molar-refractivity contribution in [1.82, 2.24) is 24.6 Å². The Morgan fingerprint density at radius 3 is 2.40 bits per heavy atom. The zero-order chi connectivity index (χ0) is 34.0. The summed E-state index contributed by atoms with van der Waals surface area (Å²) in [5.74, 6) is 1.51. The summed E-state index contributed by atoms with van der Waals surface area (Å²) in [5, 5.41) is 15.8. The highest BCUT2D eigenvalue weighted by Crippen LogP contribution is 2.38. The van der Waals surface area contributed by atoms with Crippen LogP contribution in [0.2, 0.25) is 18.1 Å². The number of fused-ring (bicyclic) bond motifs is 1. The highest BCUT2D eigenvalue weighted by atomic mass is 28.4. The van der Waals surface area contributed by atoms with Crippen molar-refractivity contribution in [2.45, 2.75) is 71.6 Å². The molecule has 47 heavy (non-hydrogen) atoms. The minimum Gasteiger partial charge on any atom is -0.457 e. The maximum absolute atomic E-state index is 13.8. The fourth-order valence-electron chi connectivity index (χ4n) is 5.42. The van der Waals surface area contributed by atoms with Gasteiger partial charge in [0, 0.05) is 30.7 Å². The van der Waals surface area contributed by atoms with E-state index in [9.17, 15) is 10.1 Å². The molecule has 0 radical (unpaired) electrons. The number of nitrogens with two attached hydrogens (primary N) is 1. The lowest BCUT2D eigenvalue weighted by atomic mass is 9.91. The fourth-order valence-corrected chi connectivity index (χ4v) is 6.59. The normalized spacial score (nSPS) is 16.3. The summed E-state index contributed by atoms with van der Waals surface area (Å²) in [6, 6.07) is 19.3. The average molecular weight is 652 g/mol. The van der Waals surface area contributed by atoms with Gasteiger partial charge in [0.05, 0.1) is 11.4 Å². The molecule has 0 spiro atoms. The summed E-state index contributed by atoms with van der Waals surface area (Å²) in [6.07, 6.45) is 4.76. The number of likely N-dealkylation sites (tertiary alicyclic amines) is 1. The Kier molecular flexibility index (Phi) is 9.57. The first-order chi connectivity index (χ1) is 22.2. The van der Waals surface area contributed by atoms with Gasteiger partial charge in [0.15, 0.2) is 14.0 Å². The second kappa shape index (κ2) is 13.3. The number of ether oxygens (including phenoxy) is 1. The van der Waals surface area contributed by atoms with Crippen LogP contribution in [0.3, 0.4) is 0 Å². The maximum Gasteiger partial charge on any atom is 0.264 e. The molecule has 5 rings (SSSR count). The van der Waals surface area contributed by atoms with Crippen molar-refractivity contribution in [3.63, 3.8) is 0 Å². The van der Waals surface area contributed by atoms with Crippen molar-refractivity contribution >= 4 is 31.1 Å². The van der Waals surface area contributed by atoms with Crippen LogP contribution in [0.4, 0.5) is 5.82 Å². The number of rotatable bonds is 9. The molecular weight excluding hydrogens is 607 g/mol. The first kappa shape index (κ1) is 33.8. The number of aromatic nitrogens is 4. The van der Waals surface area contributed by atoms with Gasteiger partial charge in [-0.1, -0.05) is 58.9 Å². The van der Waals surface area contributed by atoms with Crippen LogP contribution in [0, 0.1) is 16.7 Å². The lowest BCUT2D eigenvalue weighted by molar-refractivity contribution is -0.128. The molecule has 3 heterocycles. The van der Waals surface area contributed by atoms with Gasteiger partial charge >= 0.3 is 0 Å². The number of carbonyl (C=O) groups is 1. The average Bonchev–Trinajstić information content (AvgIpc) is 3.44. The number of piperidine rings is 1. The minimum atomic E-state index is -1.99. The molecular formula is C36H45N7O3Si. The zero-order valence-electron chi connectivity index (χ0n) is 28.4. The van der Waals surface area contributed by atoms with E-state index in [-0.39, 0.29) is 22.6 Å². The van der Waals surface area contributed by atoms with E-state index in [2.05, 4.69) is 49.9 Å². The molecule has 2 N–H and O–H groups in total. The Morgan fingerprint density at radius 2 is 1.74 bits per heavy atom. The van der Waals surface area contributed by atoms with Crippen LogP contribution in [-0.4, -0.2) is 58.6 Å². The monoisotopic (exact) mass is 651 g/mol. The molecule has 1 fully saturated rings. The number of hydrogen-bond acceptors (Lipinski definition) is 8. The summed E-state index contributed by atoms with van der Waals surface area (Å²) in [4.78, 5) is 24.3. The third-order valence-corrected chi connectivity index (χ3v) is 13.6. The molecule has 1 amide bonds. The number of benzene rings is 2. The van der Waals surface area contributed by atoms with Crippen LogP contribution in [0.5, 0.6) is 11.5 Å². The molecule has 10 nitrogen and oxygen atoms in total. The molecule has 0 unspecified atom stereocenters. The minimum absolute atomic E-state index is 0.0653. The Labute approximate surface area is 278 Å². The van der Waals surface area contributed by atoms with Crippen molar-refractivity contribution in [2.75, 3.05) is 25.4 Å². The lowest BCUT2D eigenvalue weighted by Gasteiger charge is -2.38. The fraction of sp³-hybridized carbons (Fsp3) is 0.417. The molecule has 1 saturated heterocycles. The van der Waals surface area contributed by atoms with Crippen LogP contribution >= 0.6 is 0 Å². The van der Waals surface area contributed by atoms with E-state index < -0.39 is 13.7 Å². The van der Waals surface area contributed by atoms with Crippen LogP contribution in [0.1, 0.15) is 53.5 Å². The van der Waals surface area contributed by atoms with Gasteiger partial charge in [-0.3, -0.25) is 4.79 Å². The first-order valence-corrected chi connectivity index (χ1v) is 19.0. The molecule has 1 aliphatic heterocycles. The standard InChI is InChI=1S/C36H45N7O3Si/c1-35(2,3)47(6,7)45-23-36(4,5)20-26(21-37)34(44)42-19-11-12-27(22-42)43-33-30(32(38)39-24-40-33)31(41-43)25-15-17-29(18-16-25)46-28-13-9-8-10-14-28/h8-10,13-18,20,24,27H,11-12,19,22-23H2,1-7H3,(H2,38,39,40)/b26-20-/t27-/m1/s1. The highest BCUT2D eigenvalue weighted by Gasteiger charge is 2.38. The number of para-hydroxylation sites is 1. The number of hydrogen-bond donors (Lipinski definition) is 1. The van der Waals surface area contributed by atoms with Gasteiger partial charge < -0.3 is 19.8 Å². The Hall–Kier alpha value is -4.53. The van der Waals surface area contributed by atoms with Crippen LogP contribution in [0.15, 0.2) is 72.6 Å². The van der Waals surface area contributed by atoms with Crippen molar-refractivity contribution in [3.05, 3.63) is 72.6 Å². The Morgan fingerprint density at radius 1 is 1.06 bits per heavy atom. The second-order valence-corrected chi connectivity index (χ2v) is 19.3. The van der Waals surface area contributed by atoms with Crippen LogP contribution < -0.4 is 10.5 Å². The third kappa shape index (κ3) is 7.55. The topological polar surface area (TPSA) is 132 Å². The molecule has 1 aliphatic rings. The van der Waals surface area contributed by atoms with Gasteiger partial charge in [0.1, 0.15) is 41.0 Å². The van der Waals surface area contributed by atoms with Crippen molar-refractivity contribution in [1.29, 1.82) is 5.26 Å². The highest BCUT2D eigenvalue weighted by molar-refractivity contribution is 6.74. The number of nitrogens with zero attached hydrogens (tertiary/aromatic N) is 6. The summed E-state index contributed by atoms with van der Waals surface area (Å²) in [5.41, 5.74) is 8.14. The van der Waals surface area contributed by atoms with Gasteiger partial charge in [0.25, 0.3) is 5.91 Å². The molecule has 2 aromatic heterocycles. The summed E-state index contributed by atoms with van der Waals surface area (Å²) >= 11 is 0. The van der Waals surface area contributed by atoms with E-state index in [0.717, 1.165) is 24.2 Å². The smallest absolute Gasteiger partial charge is 0.264 e. The number of nitriles is 1. The molecule has 0 aliphatic carbocycles. The Bertz CT molecular complexity index is 1800. The van der Waals surface area contributed by atoms with Crippen LogP contribution in [0.25, 0.3) is 22.3 Å².